The van der Waals surface area contributed by atoms with Gasteiger partial charge >= 0.3 is 0 Å². The molecule has 0 radical (unpaired) electrons. The van der Waals surface area contributed by atoms with Gasteiger partial charge in [-0.05, 0) is 99.1 Å². The summed E-state index contributed by atoms with van der Waals surface area (Å²) in [6, 6.07) is 14.5. The number of benzene rings is 3. The highest BCUT2D eigenvalue weighted by Gasteiger charge is 2.24. The zero-order valence-corrected chi connectivity index (χ0v) is 23.9. The van der Waals surface area contributed by atoms with E-state index in [1.807, 2.05) is 18.2 Å². The van der Waals surface area contributed by atoms with Crippen LogP contribution in [-0.4, -0.2) is 36.5 Å². The van der Waals surface area contributed by atoms with Gasteiger partial charge in [0.25, 0.3) is 0 Å². The summed E-state index contributed by atoms with van der Waals surface area (Å²) < 4.78 is 45.8. The molecule has 2 aliphatic rings. The Labute approximate surface area is 245 Å². The minimum absolute atomic E-state index is 0. The SMILES string of the molecule is Cc1ccc(NC(=O)[C@@H]2CCCN2)cc1C1CCN(Cc2ccc(Oc3cc(F)c(F)cc3F)cc2)CC1.Cl.Cl. The molecule has 2 aliphatic heterocycles. The number of amides is 1. The normalized spacial score (nSPS) is 17.6. The van der Waals surface area contributed by atoms with E-state index < -0.39 is 17.5 Å². The van der Waals surface area contributed by atoms with E-state index in [4.69, 9.17) is 4.74 Å². The van der Waals surface area contributed by atoms with Crippen LogP contribution in [0.2, 0.25) is 0 Å². The molecule has 3 aromatic carbocycles. The molecule has 0 spiro atoms. The largest absolute Gasteiger partial charge is 0.454 e. The van der Waals surface area contributed by atoms with E-state index in [1.165, 1.54) is 11.1 Å². The van der Waals surface area contributed by atoms with E-state index >= 15 is 0 Å². The second-order valence-corrected chi connectivity index (χ2v) is 10.2. The minimum Gasteiger partial charge on any atom is -0.454 e. The first-order valence-electron chi connectivity index (χ1n) is 13.1. The number of nitrogens with zero attached hydrogens (tertiary/aromatic N) is 1. The van der Waals surface area contributed by atoms with Crippen LogP contribution >= 0.6 is 24.8 Å². The molecule has 0 bridgehead atoms. The van der Waals surface area contributed by atoms with Crippen LogP contribution in [0.25, 0.3) is 0 Å². The summed E-state index contributed by atoms with van der Waals surface area (Å²) in [5.74, 6) is -2.89. The highest BCUT2D eigenvalue weighted by Crippen LogP contribution is 2.33. The fourth-order valence-electron chi connectivity index (χ4n) is 5.33. The number of rotatable bonds is 7. The first-order chi connectivity index (χ1) is 18.4. The van der Waals surface area contributed by atoms with Crippen LogP contribution < -0.4 is 15.4 Å². The lowest BCUT2D eigenvalue weighted by molar-refractivity contribution is -0.117. The highest BCUT2D eigenvalue weighted by molar-refractivity contribution is 5.95. The maximum absolute atomic E-state index is 13.9. The first kappa shape index (κ1) is 31.7. The molecular weight excluding hydrogens is 562 g/mol. The predicted molar refractivity (Wildman–Crippen MR) is 155 cm³/mol. The summed E-state index contributed by atoms with van der Waals surface area (Å²) in [5, 5.41) is 6.33. The van der Waals surface area contributed by atoms with Gasteiger partial charge in [0, 0.05) is 24.4 Å². The average Bonchev–Trinajstić information content (AvgIpc) is 3.46. The van der Waals surface area contributed by atoms with E-state index in [0.717, 1.165) is 63.1 Å². The number of carbonyl (C=O) groups excluding carboxylic acids is 1. The van der Waals surface area contributed by atoms with Crippen molar-refractivity contribution in [2.75, 3.05) is 25.0 Å². The van der Waals surface area contributed by atoms with Crippen molar-refractivity contribution in [3.63, 3.8) is 0 Å². The third-order valence-corrected chi connectivity index (χ3v) is 7.48. The maximum Gasteiger partial charge on any atom is 0.241 e. The van der Waals surface area contributed by atoms with Crippen LogP contribution in [0.1, 0.15) is 48.3 Å². The third kappa shape index (κ3) is 7.69. The number of carbonyl (C=O) groups is 1. The number of anilines is 1. The van der Waals surface area contributed by atoms with E-state index in [0.29, 0.717) is 23.8 Å². The number of likely N-dealkylation sites (tertiary alicyclic amines) is 1. The van der Waals surface area contributed by atoms with Crippen molar-refractivity contribution in [2.24, 2.45) is 0 Å². The smallest absolute Gasteiger partial charge is 0.241 e. The van der Waals surface area contributed by atoms with Crippen molar-refractivity contribution in [3.05, 3.63) is 88.7 Å². The van der Waals surface area contributed by atoms with Crippen LogP contribution in [-0.2, 0) is 11.3 Å². The Morgan fingerprint density at radius 3 is 2.33 bits per heavy atom. The molecule has 0 aromatic heterocycles. The lowest BCUT2D eigenvalue weighted by atomic mass is 9.86. The number of piperidine rings is 1. The predicted octanol–water partition coefficient (Wildman–Crippen LogP) is 7.12. The molecule has 3 aromatic rings. The van der Waals surface area contributed by atoms with Gasteiger partial charge in [0.05, 0.1) is 6.04 Å². The molecule has 1 amide bonds. The Hall–Kier alpha value is -2.78. The number of hydrogen-bond acceptors (Lipinski definition) is 4. The maximum atomic E-state index is 13.9. The van der Waals surface area contributed by atoms with Gasteiger partial charge in [0.15, 0.2) is 23.2 Å². The Bertz CT molecular complexity index is 1300. The quantitative estimate of drug-likeness (QED) is 0.286. The highest BCUT2D eigenvalue weighted by atomic mass is 35.5. The van der Waals surface area contributed by atoms with Gasteiger partial charge in [0.2, 0.25) is 5.91 Å². The molecule has 2 saturated heterocycles. The molecule has 2 heterocycles. The molecule has 10 heteroatoms. The van der Waals surface area contributed by atoms with Gasteiger partial charge in [-0.2, -0.15) is 0 Å². The first-order valence-corrected chi connectivity index (χ1v) is 13.1. The van der Waals surface area contributed by atoms with Crippen molar-refractivity contribution < 1.29 is 22.7 Å². The number of hydrogen-bond donors (Lipinski definition) is 2. The fraction of sp³-hybridized carbons (Fsp3) is 0.367. The Balaban J connectivity index is 0.00000220. The molecule has 2 fully saturated rings. The Morgan fingerprint density at radius 2 is 1.65 bits per heavy atom. The Morgan fingerprint density at radius 1 is 0.950 bits per heavy atom. The van der Waals surface area contributed by atoms with Crippen LogP contribution in [0.5, 0.6) is 11.5 Å². The molecular formula is C30H34Cl2F3N3O2. The van der Waals surface area contributed by atoms with E-state index in [9.17, 15) is 18.0 Å². The fourth-order valence-corrected chi connectivity index (χ4v) is 5.33. The standard InChI is InChI=1S/C30H32F3N3O2.2ClH/c1-19-4-7-22(35-30(37)28-3-2-12-34-28)15-24(19)21-10-13-36(14-11-21)18-20-5-8-23(9-6-20)38-29-17-26(32)25(31)16-27(29)33;;/h4-9,15-17,21,28,34H,2-3,10-14,18H2,1H3,(H,35,37);2*1H/t28-;;/m0../s1. The van der Waals surface area contributed by atoms with Crippen molar-refractivity contribution in [1.29, 1.82) is 0 Å². The van der Waals surface area contributed by atoms with Gasteiger partial charge in [-0.1, -0.05) is 18.2 Å². The number of aryl methyl sites for hydroxylation is 1. The lowest BCUT2D eigenvalue weighted by Gasteiger charge is -2.33. The summed E-state index contributed by atoms with van der Waals surface area (Å²) >= 11 is 0. The van der Waals surface area contributed by atoms with E-state index in [-0.39, 0.29) is 42.5 Å². The van der Waals surface area contributed by atoms with E-state index in [1.54, 1.807) is 12.1 Å². The number of nitrogens with one attached hydrogen (secondary N) is 2. The molecule has 0 aliphatic carbocycles. The summed E-state index contributed by atoms with van der Waals surface area (Å²) in [6.45, 7) is 5.69. The van der Waals surface area contributed by atoms with Crippen LogP contribution in [0.3, 0.4) is 0 Å². The molecule has 1 atom stereocenters. The van der Waals surface area contributed by atoms with Crippen LogP contribution in [0.15, 0.2) is 54.6 Å². The van der Waals surface area contributed by atoms with Gasteiger partial charge in [-0.15, -0.1) is 24.8 Å². The summed E-state index contributed by atoms with van der Waals surface area (Å²) in [5.41, 5.74) is 4.49. The zero-order valence-electron chi connectivity index (χ0n) is 22.2. The summed E-state index contributed by atoms with van der Waals surface area (Å²) in [4.78, 5) is 14.9. The number of halogens is 5. The van der Waals surface area contributed by atoms with Crippen molar-refractivity contribution in [2.45, 2.75) is 51.1 Å². The zero-order chi connectivity index (χ0) is 26.6. The van der Waals surface area contributed by atoms with Gasteiger partial charge in [-0.25, -0.2) is 13.2 Å². The third-order valence-electron chi connectivity index (χ3n) is 7.48. The molecule has 216 valence electrons. The lowest BCUT2D eigenvalue weighted by Crippen LogP contribution is -2.35. The van der Waals surface area contributed by atoms with Crippen LogP contribution in [0, 0.1) is 24.4 Å². The topological polar surface area (TPSA) is 53.6 Å². The van der Waals surface area contributed by atoms with E-state index in [2.05, 4.69) is 34.6 Å². The van der Waals surface area contributed by atoms with Gasteiger partial charge in [0.1, 0.15) is 5.75 Å². The van der Waals surface area contributed by atoms with Gasteiger partial charge < -0.3 is 15.4 Å². The summed E-state index contributed by atoms with van der Waals surface area (Å²) in [6.07, 6.45) is 3.97. The van der Waals surface area contributed by atoms with Crippen molar-refractivity contribution in [1.82, 2.24) is 10.2 Å². The molecule has 0 saturated carbocycles. The number of ether oxygens (including phenoxy) is 1. The molecule has 0 unspecified atom stereocenters. The van der Waals surface area contributed by atoms with Crippen molar-refractivity contribution >= 4 is 36.4 Å². The molecule has 40 heavy (non-hydrogen) atoms. The monoisotopic (exact) mass is 595 g/mol. The molecule has 2 N–H and O–H groups in total. The summed E-state index contributed by atoms with van der Waals surface area (Å²) in [7, 11) is 0. The van der Waals surface area contributed by atoms with Crippen LogP contribution in [0.4, 0.5) is 18.9 Å². The second kappa shape index (κ2) is 14.2. The minimum atomic E-state index is -1.25. The Kier molecular flexibility index (Phi) is 11.3. The van der Waals surface area contributed by atoms with Gasteiger partial charge in [-0.3, -0.25) is 9.69 Å². The molecule has 5 rings (SSSR count). The molecule has 5 nitrogen and oxygen atoms in total. The average molecular weight is 597 g/mol. The second-order valence-electron chi connectivity index (χ2n) is 10.2. The van der Waals surface area contributed by atoms with Crippen molar-refractivity contribution in [3.8, 4) is 11.5 Å².